The number of imidazole rings is 1. The number of allylic oxidation sites excluding steroid dienone is 3. The Hall–Kier alpha value is -2.82. The van der Waals surface area contributed by atoms with Gasteiger partial charge in [0.1, 0.15) is 17.6 Å². The molecule has 1 atom stereocenters. The van der Waals surface area contributed by atoms with Crippen molar-refractivity contribution in [3.63, 3.8) is 0 Å². The summed E-state index contributed by atoms with van der Waals surface area (Å²) in [5, 5.41) is 2.99. The number of hydrogen-bond acceptors (Lipinski definition) is 3. The summed E-state index contributed by atoms with van der Waals surface area (Å²) in [6, 6.07) is 7.21. The lowest BCUT2D eigenvalue weighted by atomic mass is 10.0. The number of para-hydroxylation sites is 1. The molecule has 0 saturated carbocycles. The molecule has 0 saturated heterocycles. The number of aromatic nitrogens is 2. The molecule has 5 nitrogen and oxygen atoms in total. The fourth-order valence-electron chi connectivity index (χ4n) is 2.29. The van der Waals surface area contributed by atoms with Crippen LogP contribution in [0.15, 0.2) is 61.0 Å². The predicted octanol–water partition coefficient (Wildman–Crippen LogP) is 2.77. The Labute approximate surface area is 136 Å². The van der Waals surface area contributed by atoms with Crippen LogP contribution in [0.2, 0.25) is 0 Å². The zero-order chi connectivity index (χ0) is 16.7. The fraction of sp³-hybridized carbons (Fsp3) is 0.222. The van der Waals surface area contributed by atoms with Gasteiger partial charge in [-0.2, -0.15) is 0 Å². The summed E-state index contributed by atoms with van der Waals surface area (Å²) in [5.74, 6) is 1.25. The molecule has 0 aliphatic carbocycles. The van der Waals surface area contributed by atoms with Crippen LogP contribution in [-0.4, -0.2) is 22.6 Å². The summed E-state index contributed by atoms with van der Waals surface area (Å²) >= 11 is 0. The quantitative estimate of drug-likeness (QED) is 0.659. The molecule has 23 heavy (non-hydrogen) atoms. The summed E-state index contributed by atoms with van der Waals surface area (Å²) < 4.78 is 7.31. The third kappa shape index (κ3) is 4.10. The number of aryl methyl sites for hydroxylation is 1. The average molecular weight is 311 g/mol. The number of rotatable bonds is 6. The lowest BCUT2D eigenvalue weighted by molar-refractivity contribution is -0.117. The van der Waals surface area contributed by atoms with E-state index in [9.17, 15) is 4.79 Å². The Balaban J connectivity index is 2.37. The van der Waals surface area contributed by atoms with Crippen molar-refractivity contribution in [1.82, 2.24) is 14.9 Å². The molecule has 0 radical (unpaired) electrons. The maximum atomic E-state index is 12.2. The van der Waals surface area contributed by atoms with Crippen LogP contribution in [0.4, 0.5) is 0 Å². The normalized spacial score (nSPS) is 12.7. The molecule has 0 fully saturated rings. The molecule has 1 unspecified atom stereocenters. The zero-order valence-corrected chi connectivity index (χ0v) is 13.6. The van der Waals surface area contributed by atoms with E-state index in [0.29, 0.717) is 5.75 Å². The van der Waals surface area contributed by atoms with Crippen LogP contribution in [0.25, 0.3) is 0 Å². The lowest BCUT2D eigenvalue weighted by Gasteiger charge is -2.20. The van der Waals surface area contributed by atoms with Gasteiger partial charge in [-0.25, -0.2) is 4.98 Å². The number of ether oxygens (including phenoxy) is 1. The van der Waals surface area contributed by atoms with Gasteiger partial charge in [0.2, 0.25) is 5.91 Å². The van der Waals surface area contributed by atoms with E-state index in [2.05, 4.69) is 10.3 Å². The van der Waals surface area contributed by atoms with Crippen molar-refractivity contribution in [2.24, 2.45) is 7.05 Å². The SMILES string of the molecule is C/C=C/C=C/C(=O)NC(c1ccccc1OC)c1nccn1C. The fourth-order valence-corrected chi connectivity index (χ4v) is 2.29. The molecular formula is C18H21N3O2. The van der Waals surface area contributed by atoms with Gasteiger partial charge in [0.05, 0.1) is 7.11 Å². The number of carbonyl (C=O) groups is 1. The van der Waals surface area contributed by atoms with Crippen LogP contribution >= 0.6 is 0 Å². The first-order valence-electron chi connectivity index (χ1n) is 7.37. The largest absolute Gasteiger partial charge is 0.496 e. The van der Waals surface area contributed by atoms with Crippen LogP contribution in [0.3, 0.4) is 0 Å². The van der Waals surface area contributed by atoms with Crippen LogP contribution < -0.4 is 10.1 Å². The number of nitrogens with zero attached hydrogens (tertiary/aromatic N) is 2. The van der Waals surface area contributed by atoms with Crippen molar-refractivity contribution in [3.8, 4) is 5.75 Å². The molecule has 0 aliphatic rings. The molecular weight excluding hydrogens is 290 g/mol. The number of amides is 1. The summed E-state index contributed by atoms with van der Waals surface area (Å²) in [6.07, 6.45) is 10.4. The number of methoxy groups -OCH3 is 1. The van der Waals surface area contributed by atoms with Gasteiger partial charge >= 0.3 is 0 Å². The van der Waals surface area contributed by atoms with Crippen LogP contribution in [0.5, 0.6) is 5.75 Å². The van der Waals surface area contributed by atoms with Crippen molar-refractivity contribution < 1.29 is 9.53 Å². The predicted molar refractivity (Wildman–Crippen MR) is 90.1 cm³/mol. The molecule has 1 N–H and O–H groups in total. The van der Waals surface area contributed by atoms with Gasteiger partial charge in [0.15, 0.2) is 0 Å². The minimum absolute atomic E-state index is 0.193. The lowest BCUT2D eigenvalue weighted by Crippen LogP contribution is -2.30. The van der Waals surface area contributed by atoms with Crippen molar-refractivity contribution in [2.45, 2.75) is 13.0 Å². The molecule has 0 spiro atoms. The first kappa shape index (κ1) is 16.5. The van der Waals surface area contributed by atoms with Crippen molar-refractivity contribution in [1.29, 1.82) is 0 Å². The second-order valence-electron chi connectivity index (χ2n) is 4.96. The van der Waals surface area contributed by atoms with E-state index in [0.717, 1.165) is 11.4 Å². The van der Waals surface area contributed by atoms with E-state index >= 15 is 0 Å². The van der Waals surface area contributed by atoms with E-state index < -0.39 is 6.04 Å². The van der Waals surface area contributed by atoms with Gasteiger partial charge in [-0.15, -0.1) is 0 Å². The third-order valence-corrected chi connectivity index (χ3v) is 3.40. The number of benzene rings is 1. The Morgan fingerprint density at radius 2 is 2.13 bits per heavy atom. The molecule has 1 amide bonds. The average Bonchev–Trinajstić information content (AvgIpc) is 2.99. The Bertz CT molecular complexity index is 717. The number of nitrogens with one attached hydrogen (secondary N) is 1. The van der Waals surface area contributed by atoms with E-state index in [1.165, 1.54) is 6.08 Å². The highest BCUT2D eigenvalue weighted by Gasteiger charge is 2.22. The summed E-state index contributed by atoms with van der Waals surface area (Å²) in [7, 11) is 3.51. The minimum atomic E-state index is -0.395. The van der Waals surface area contributed by atoms with E-state index in [-0.39, 0.29) is 5.91 Å². The molecule has 1 aromatic carbocycles. The Morgan fingerprint density at radius 1 is 1.35 bits per heavy atom. The monoisotopic (exact) mass is 311 g/mol. The van der Waals surface area contributed by atoms with E-state index in [1.54, 1.807) is 25.5 Å². The molecule has 5 heteroatoms. The van der Waals surface area contributed by atoms with Crippen molar-refractivity contribution in [2.75, 3.05) is 7.11 Å². The smallest absolute Gasteiger partial charge is 0.244 e. The summed E-state index contributed by atoms with van der Waals surface area (Å²) in [5.41, 5.74) is 0.858. The summed E-state index contributed by atoms with van der Waals surface area (Å²) in [4.78, 5) is 16.6. The van der Waals surface area contributed by atoms with Gasteiger partial charge in [-0.1, -0.05) is 36.4 Å². The molecule has 120 valence electrons. The van der Waals surface area contributed by atoms with Crippen LogP contribution in [0.1, 0.15) is 24.4 Å². The highest BCUT2D eigenvalue weighted by atomic mass is 16.5. The van der Waals surface area contributed by atoms with E-state index in [1.807, 2.05) is 55.1 Å². The third-order valence-electron chi connectivity index (χ3n) is 3.40. The van der Waals surface area contributed by atoms with Gasteiger partial charge in [0.25, 0.3) is 0 Å². The van der Waals surface area contributed by atoms with Crippen LogP contribution in [0, 0.1) is 0 Å². The first-order chi connectivity index (χ1) is 11.2. The molecule has 0 bridgehead atoms. The first-order valence-corrected chi connectivity index (χ1v) is 7.37. The highest BCUT2D eigenvalue weighted by Crippen LogP contribution is 2.28. The van der Waals surface area contributed by atoms with Crippen molar-refractivity contribution >= 4 is 5.91 Å². The second kappa shape index (κ2) is 7.98. The van der Waals surface area contributed by atoms with E-state index in [4.69, 9.17) is 4.74 Å². The molecule has 1 heterocycles. The second-order valence-corrected chi connectivity index (χ2v) is 4.96. The standard InChI is InChI=1S/C18H21N3O2/c1-4-5-6-11-16(22)20-17(18-19-12-13-21(18)2)14-9-7-8-10-15(14)23-3/h4-13,17H,1-3H3,(H,20,22)/b5-4+,11-6+. The van der Waals surface area contributed by atoms with Gasteiger partial charge < -0.3 is 14.6 Å². The van der Waals surface area contributed by atoms with Gasteiger partial charge in [-0.3, -0.25) is 4.79 Å². The van der Waals surface area contributed by atoms with Gasteiger partial charge in [-0.05, 0) is 13.0 Å². The topological polar surface area (TPSA) is 56.1 Å². The Morgan fingerprint density at radius 3 is 2.78 bits per heavy atom. The molecule has 1 aromatic heterocycles. The molecule has 2 rings (SSSR count). The number of carbonyl (C=O) groups excluding carboxylic acids is 1. The minimum Gasteiger partial charge on any atom is -0.496 e. The zero-order valence-electron chi connectivity index (χ0n) is 13.6. The molecule has 0 aliphatic heterocycles. The highest BCUT2D eigenvalue weighted by molar-refractivity contribution is 5.88. The summed E-state index contributed by atoms with van der Waals surface area (Å²) in [6.45, 7) is 1.90. The van der Waals surface area contributed by atoms with Crippen molar-refractivity contribution in [3.05, 3.63) is 72.4 Å². The van der Waals surface area contributed by atoms with Gasteiger partial charge in [0, 0.05) is 31.1 Å². The molecule has 2 aromatic rings. The maximum absolute atomic E-state index is 12.2. The maximum Gasteiger partial charge on any atom is 0.244 e. The van der Waals surface area contributed by atoms with Crippen LogP contribution in [-0.2, 0) is 11.8 Å². The Kier molecular flexibility index (Phi) is 5.74. The number of hydrogen-bond donors (Lipinski definition) is 1.